The van der Waals surface area contributed by atoms with Gasteiger partial charge in [0.15, 0.2) is 0 Å². The van der Waals surface area contributed by atoms with Crippen molar-refractivity contribution in [1.82, 2.24) is 9.80 Å². The average molecular weight is 622 g/mol. The molecule has 3 aliphatic heterocycles. The van der Waals surface area contributed by atoms with Crippen molar-refractivity contribution in [1.29, 1.82) is 0 Å². The number of hydrogen-bond acceptors (Lipinski definition) is 2. The fraction of sp³-hybridized carbons (Fsp3) is 0.500. The quantitative estimate of drug-likeness (QED) is 0.331. The Kier molecular flexibility index (Phi) is 10.1. The molecule has 2 amide bonds. The summed E-state index contributed by atoms with van der Waals surface area (Å²) in [5.74, 6) is 0.355. The topological polar surface area (TPSA) is 40.6 Å². The van der Waals surface area contributed by atoms with Gasteiger partial charge in [0.05, 0.1) is 39.3 Å². The van der Waals surface area contributed by atoms with Crippen LogP contribution in [0.2, 0.25) is 0 Å². The van der Waals surface area contributed by atoms with E-state index in [0.29, 0.717) is 0 Å². The Morgan fingerprint density at radius 3 is 1.22 bits per heavy atom. The van der Waals surface area contributed by atoms with Crippen LogP contribution < -0.4 is 34.0 Å². The lowest BCUT2D eigenvalue weighted by atomic mass is 10.1. The lowest BCUT2D eigenvalue weighted by Gasteiger charge is -2.49. The summed E-state index contributed by atoms with van der Waals surface area (Å²) in [6.07, 6.45) is 2.16. The highest BCUT2D eigenvalue weighted by Crippen LogP contribution is 2.25. The maximum atomic E-state index is 13.0. The molecule has 0 aromatic heterocycles. The smallest absolute Gasteiger partial charge is 0.254 e. The highest BCUT2D eigenvalue weighted by molar-refractivity contribution is 5.94. The maximum absolute atomic E-state index is 13.0. The standard InChI is InChI=1S/C28H38N4O2.2BrH/c33-27(25-9-3-1-4-10-25)29-13-7-17-31(19-15-29)21-23-32(24-22-31)18-8-14-30(16-20-32)28(34)26-11-5-2-6-12-26;;/h1-6,9-12H,7-8,13-24H2;2*1H/q+2;;/p-2. The Morgan fingerprint density at radius 1 is 0.500 bits per heavy atom. The van der Waals surface area contributed by atoms with Crippen LogP contribution >= 0.6 is 0 Å². The van der Waals surface area contributed by atoms with Gasteiger partial charge >= 0.3 is 0 Å². The van der Waals surface area contributed by atoms with Crippen LogP contribution in [0.3, 0.4) is 0 Å². The summed E-state index contributed by atoms with van der Waals surface area (Å²) >= 11 is 0. The van der Waals surface area contributed by atoms with Gasteiger partial charge in [-0.1, -0.05) is 36.4 Å². The summed E-state index contributed by atoms with van der Waals surface area (Å²) in [6.45, 7) is 12.7. The van der Waals surface area contributed by atoms with Crippen molar-refractivity contribution in [2.75, 3.05) is 78.5 Å². The molecular weight excluding hydrogens is 584 g/mol. The van der Waals surface area contributed by atoms with E-state index in [4.69, 9.17) is 0 Å². The van der Waals surface area contributed by atoms with E-state index in [1.165, 1.54) is 39.3 Å². The van der Waals surface area contributed by atoms with E-state index in [1.54, 1.807) is 0 Å². The van der Waals surface area contributed by atoms with Gasteiger partial charge in [0.25, 0.3) is 11.8 Å². The summed E-state index contributed by atoms with van der Waals surface area (Å²) in [7, 11) is 0. The number of nitrogens with zero attached hydrogens (tertiary/aromatic N) is 4. The van der Waals surface area contributed by atoms with Gasteiger partial charge in [-0.05, 0) is 24.3 Å². The van der Waals surface area contributed by atoms with Crippen LogP contribution in [-0.4, -0.2) is 109 Å². The van der Waals surface area contributed by atoms with Gasteiger partial charge in [0.1, 0.15) is 26.2 Å². The predicted octanol–water partition coefficient (Wildman–Crippen LogP) is -3.27. The second-order valence-electron chi connectivity index (χ2n) is 10.5. The van der Waals surface area contributed by atoms with Crippen LogP contribution in [0.25, 0.3) is 0 Å². The van der Waals surface area contributed by atoms with Crippen molar-refractivity contribution in [3.8, 4) is 0 Å². The summed E-state index contributed by atoms with van der Waals surface area (Å²) in [4.78, 5) is 30.1. The van der Waals surface area contributed by atoms with Crippen LogP contribution in [0.4, 0.5) is 0 Å². The largest absolute Gasteiger partial charge is 1.00 e. The lowest BCUT2D eigenvalue weighted by molar-refractivity contribution is -1.03. The molecule has 2 aromatic carbocycles. The Balaban J connectivity index is 0.00000180. The number of piperazine rings is 1. The van der Waals surface area contributed by atoms with Crippen molar-refractivity contribution in [2.45, 2.75) is 12.8 Å². The molecule has 0 N–H and O–H groups in total. The van der Waals surface area contributed by atoms with Crippen LogP contribution in [0.1, 0.15) is 33.6 Å². The Morgan fingerprint density at radius 2 is 0.861 bits per heavy atom. The van der Waals surface area contributed by atoms with E-state index in [2.05, 4.69) is 9.80 Å². The molecule has 0 aliphatic carbocycles. The molecule has 0 saturated carbocycles. The molecule has 0 unspecified atom stereocenters. The molecule has 0 radical (unpaired) electrons. The van der Waals surface area contributed by atoms with Crippen molar-refractivity contribution in [2.24, 2.45) is 0 Å². The third kappa shape index (κ3) is 6.39. The third-order valence-electron chi connectivity index (χ3n) is 8.52. The zero-order valence-corrected chi connectivity index (χ0v) is 24.2. The fourth-order valence-electron chi connectivity index (χ4n) is 6.21. The van der Waals surface area contributed by atoms with E-state index >= 15 is 0 Å². The van der Waals surface area contributed by atoms with Crippen molar-refractivity contribution in [3.63, 3.8) is 0 Å². The highest BCUT2D eigenvalue weighted by Gasteiger charge is 2.44. The highest BCUT2D eigenvalue weighted by atomic mass is 79.9. The van der Waals surface area contributed by atoms with Crippen LogP contribution in [-0.2, 0) is 0 Å². The van der Waals surface area contributed by atoms with Gasteiger partial charge in [-0.25, -0.2) is 0 Å². The van der Waals surface area contributed by atoms with Gasteiger partial charge < -0.3 is 52.7 Å². The number of quaternary nitrogens is 2. The minimum Gasteiger partial charge on any atom is -1.00 e. The van der Waals surface area contributed by atoms with Crippen molar-refractivity contribution < 1.29 is 52.5 Å². The summed E-state index contributed by atoms with van der Waals surface area (Å²) in [6, 6.07) is 19.4. The van der Waals surface area contributed by atoms with E-state index in [0.717, 1.165) is 72.2 Å². The van der Waals surface area contributed by atoms with Crippen molar-refractivity contribution in [3.05, 3.63) is 71.8 Å². The van der Waals surface area contributed by atoms with Crippen LogP contribution in [0, 0.1) is 0 Å². The molecule has 3 aliphatic rings. The second kappa shape index (κ2) is 12.7. The first-order valence-corrected chi connectivity index (χ1v) is 13.0. The Hall–Kier alpha value is -1.74. The van der Waals surface area contributed by atoms with E-state index in [1.807, 2.05) is 60.7 Å². The van der Waals surface area contributed by atoms with Gasteiger partial charge in [0.2, 0.25) is 0 Å². The molecule has 2 aromatic rings. The van der Waals surface area contributed by atoms with Crippen molar-refractivity contribution >= 4 is 11.8 Å². The zero-order chi connectivity index (χ0) is 23.4. The van der Waals surface area contributed by atoms with E-state index in [9.17, 15) is 9.59 Å². The first kappa shape index (κ1) is 28.8. The monoisotopic (exact) mass is 620 g/mol. The summed E-state index contributed by atoms with van der Waals surface area (Å²) < 4.78 is 2.32. The Bertz CT molecular complexity index is 916. The van der Waals surface area contributed by atoms with Gasteiger partial charge in [-0.3, -0.25) is 9.59 Å². The molecule has 2 spiro atoms. The number of rotatable bonds is 2. The molecule has 8 heteroatoms. The molecule has 5 rings (SSSR count). The minimum atomic E-state index is 0. The van der Waals surface area contributed by atoms with Gasteiger partial charge in [-0.2, -0.15) is 0 Å². The SMILES string of the molecule is O=C(c1ccccc1)N1CCC[N+]2(CC1)CC[N+]1(CCCN(C(=O)c3ccccc3)CC1)CC2.[Br-].[Br-]. The number of carbonyl (C=O) groups is 2. The van der Waals surface area contributed by atoms with Crippen LogP contribution in [0.5, 0.6) is 0 Å². The molecule has 0 bridgehead atoms. The van der Waals surface area contributed by atoms with Gasteiger partial charge in [0, 0.05) is 37.1 Å². The summed E-state index contributed by atoms with van der Waals surface area (Å²) in [5, 5.41) is 0. The van der Waals surface area contributed by atoms with E-state index < -0.39 is 0 Å². The zero-order valence-electron chi connectivity index (χ0n) is 21.0. The van der Waals surface area contributed by atoms with E-state index in [-0.39, 0.29) is 45.8 Å². The summed E-state index contributed by atoms with van der Waals surface area (Å²) in [5.41, 5.74) is 1.61. The first-order valence-electron chi connectivity index (χ1n) is 13.0. The predicted molar refractivity (Wildman–Crippen MR) is 133 cm³/mol. The molecule has 0 atom stereocenters. The van der Waals surface area contributed by atoms with Gasteiger partial charge in [-0.15, -0.1) is 0 Å². The van der Waals surface area contributed by atoms with Crippen LogP contribution in [0.15, 0.2) is 60.7 Å². The maximum Gasteiger partial charge on any atom is 0.254 e. The first-order chi connectivity index (χ1) is 16.6. The molecule has 3 heterocycles. The molecule has 196 valence electrons. The second-order valence-corrected chi connectivity index (χ2v) is 10.5. The number of hydrogen-bond donors (Lipinski definition) is 0. The molecule has 36 heavy (non-hydrogen) atoms. The number of benzene rings is 2. The molecule has 3 fully saturated rings. The normalized spacial score (nSPS) is 26.3. The number of halogens is 2. The number of amides is 2. The number of carbonyl (C=O) groups excluding carboxylic acids is 2. The molecule has 3 saturated heterocycles. The third-order valence-corrected chi connectivity index (χ3v) is 8.52. The molecular formula is C28H38Br2N4O2. The Labute approximate surface area is 236 Å². The fourth-order valence-corrected chi connectivity index (χ4v) is 6.21. The molecule has 6 nitrogen and oxygen atoms in total. The minimum absolute atomic E-state index is 0. The average Bonchev–Trinajstić information content (AvgIpc) is 3.23. The lowest BCUT2D eigenvalue weighted by Crippen LogP contribution is -3.00.